The highest BCUT2D eigenvalue weighted by atomic mass is 17.2. The molecule has 2 saturated carbocycles. The number of carbonyl (C=O) groups excluding carboxylic acids is 2. The van der Waals surface area contributed by atoms with E-state index in [2.05, 4.69) is 72.6 Å². The molecule has 4 unspecified atom stereocenters. The molecule has 1 aromatic heterocycles. The second kappa shape index (κ2) is 16.7. The van der Waals surface area contributed by atoms with Gasteiger partial charge < -0.3 is 35.5 Å². The minimum Gasteiger partial charge on any atom is -0.447 e. The van der Waals surface area contributed by atoms with Gasteiger partial charge in [-0.3, -0.25) is 10.3 Å². The third kappa shape index (κ3) is 13.0. The molecule has 15 nitrogen and oxygen atoms in total. The van der Waals surface area contributed by atoms with Crippen molar-refractivity contribution >= 4 is 24.5 Å². The monoisotopic (exact) mass is 652 g/mol. The number of methoxy groups -OCH3 is 1. The molecule has 0 saturated heterocycles. The van der Waals surface area contributed by atoms with Crippen molar-refractivity contribution in [1.29, 1.82) is 0 Å². The molecule has 1 aromatic rings. The summed E-state index contributed by atoms with van der Waals surface area (Å²) in [7, 11) is 1.68. The Balaban J connectivity index is 1.26. The summed E-state index contributed by atoms with van der Waals surface area (Å²) < 4.78 is 17.0. The number of nitrogens with two attached hydrogens (primary N) is 1. The molecule has 5 N–H and O–H groups in total. The molecule has 2 aliphatic rings. The lowest BCUT2D eigenvalue weighted by molar-refractivity contribution is -0.224. The van der Waals surface area contributed by atoms with Crippen LogP contribution in [0.5, 0.6) is 0 Å². The van der Waals surface area contributed by atoms with Crippen molar-refractivity contribution in [3.8, 4) is 0 Å². The third-order valence-corrected chi connectivity index (χ3v) is 8.58. The molecule has 0 spiro atoms. The van der Waals surface area contributed by atoms with Gasteiger partial charge in [0.15, 0.2) is 0 Å². The van der Waals surface area contributed by atoms with Crippen LogP contribution in [0.25, 0.3) is 0 Å². The topological polar surface area (TPSA) is 185 Å². The number of rotatable bonds is 16. The Labute approximate surface area is 273 Å². The molecule has 262 valence electrons. The minimum absolute atomic E-state index is 0.0109. The number of nitrogen functional groups attached to an aromatic ring is 1. The fourth-order valence-corrected chi connectivity index (χ4v) is 7.59. The largest absolute Gasteiger partial charge is 0.447 e. The predicted molar refractivity (Wildman–Crippen MR) is 173 cm³/mol. The average molecular weight is 653 g/mol. The van der Waals surface area contributed by atoms with Crippen molar-refractivity contribution in [3.63, 3.8) is 0 Å². The smallest absolute Gasteiger partial charge is 0.407 e. The number of aliphatic imine (C=N–C) groups is 1. The molecule has 2 amide bonds. The molecule has 4 atom stereocenters. The summed E-state index contributed by atoms with van der Waals surface area (Å²) in [5, 5.41) is 13.2. The summed E-state index contributed by atoms with van der Waals surface area (Å²) >= 11 is 0. The van der Waals surface area contributed by atoms with E-state index in [-0.39, 0.29) is 66.1 Å². The number of carbonyl (C=O) groups is 2. The lowest BCUT2D eigenvalue weighted by Crippen LogP contribution is -2.49. The Kier molecular flexibility index (Phi) is 13.6. The van der Waals surface area contributed by atoms with E-state index in [1.807, 2.05) is 0 Å². The maximum Gasteiger partial charge on any atom is 0.407 e. The molecule has 0 aliphatic heterocycles. The maximum atomic E-state index is 12.4. The molecule has 46 heavy (non-hydrogen) atoms. The number of alkyl carbamates (subject to hydrolysis) is 1. The van der Waals surface area contributed by atoms with Crippen LogP contribution in [0.3, 0.4) is 0 Å². The van der Waals surface area contributed by atoms with Crippen molar-refractivity contribution in [1.82, 2.24) is 30.7 Å². The summed E-state index contributed by atoms with van der Waals surface area (Å²) in [5.41, 5.74) is 5.49. The first-order chi connectivity index (χ1) is 21.6. The van der Waals surface area contributed by atoms with Gasteiger partial charge in [0.2, 0.25) is 12.3 Å². The molecule has 0 bridgehead atoms. The van der Waals surface area contributed by atoms with Crippen molar-refractivity contribution in [2.75, 3.05) is 59.1 Å². The highest BCUT2D eigenvalue weighted by molar-refractivity contribution is 5.75. The summed E-state index contributed by atoms with van der Waals surface area (Å²) in [5.74, 6) is 0.0480. The predicted octanol–water partition coefficient (Wildman–Crippen LogP) is 3.50. The zero-order chi connectivity index (χ0) is 33.8. The van der Waals surface area contributed by atoms with Gasteiger partial charge in [0.25, 0.3) is 0 Å². The Morgan fingerprint density at radius 1 is 0.978 bits per heavy atom. The quantitative estimate of drug-likeness (QED) is 0.0512. The number of hydrogen-bond donors (Lipinski definition) is 4. The van der Waals surface area contributed by atoms with Crippen LogP contribution in [0, 0.1) is 21.7 Å². The number of aromatic nitrogens is 3. The Hall–Kier alpha value is -3.01. The number of nitrogens with one attached hydrogen (secondary N) is 3. The molecule has 3 rings (SSSR count). The van der Waals surface area contributed by atoms with Crippen LogP contribution in [-0.2, 0) is 24.0 Å². The average Bonchev–Trinajstić information content (AvgIpc) is 3.39. The fourth-order valence-electron chi connectivity index (χ4n) is 7.59. The van der Waals surface area contributed by atoms with Crippen LogP contribution >= 0.6 is 0 Å². The van der Waals surface area contributed by atoms with E-state index in [1.54, 1.807) is 7.11 Å². The lowest BCUT2D eigenvalue weighted by atomic mass is 9.62. The van der Waals surface area contributed by atoms with Crippen molar-refractivity contribution in [2.24, 2.45) is 26.7 Å². The van der Waals surface area contributed by atoms with Crippen LogP contribution in [0.1, 0.15) is 80.1 Å². The van der Waals surface area contributed by atoms with Gasteiger partial charge in [0.1, 0.15) is 19.5 Å². The molecule has 2 aliphatic carbocycles. The zero-order valence-electron chi connectivity index (χ0n) is 28.7. The summed E-state index contributed by atoms with van der Waals surface area (Å²) in [4.78, 5) is 43.3. The molecule has 15 heteroatoms. The molecular formula is C31H56N8O7. The van der Waals surface area contributed by atoms with E-state index in [9.17, 15) is 9.59 Å². The third-order valence-electron chi connectivity index (χ3n) is 8.58. The first kappa shape index (κ1) is 37.4. The lowest BCUT2D eigenvalue weighted by Gasteiger charge is -2.47. The second-order valence-electron chi connectivity index (χ2n) is 15.1. The number of anilines is 1. The van der Waals surface area contributed by atoms with Gasteiger partial charge in [-0.05, 0) is 60.2 Å². The molecule has 2 fully saturated rings. The highest BCUT2D eigenvalue weighted by Gasteiger charge is 2.42. The fraction of sp³-hybridized carbons (Fsp3) is 0.839. The van der Waals surface area contributed by atoms with Gasteiger partial charge >= 0.3 is 12.1 Å². The van der Waals surface area contributed by atoms with Gasteiger partial charge in [-0.15, -0.1) is 5.10 Å². The Bertz CT molecular complexity index is 1150. The van der Waals surface area contributed by atoms with Crippen molar-refractivity contribution in [3.05, 3.63) is 6.33 Å². The van der Waals surface area contributed by atoms with Gasteiger partial charge in [0.05, 0.1) is 26.0 Å². The van der Waals surface area contributed by atoms with E-state index in [1.165, 1.54) is 12.7 Å². The van der Waals surface area contributed by atoms with E-state index in [0.29, 0.717) is 25.9 Å². The number of nitrogens with zero attached hydrogens (tertiary/aromatic N) is 4. The molecule has 0 aromatic carbocycles. The second-order valence-corrected chi connectivity index (χ2v) is 15.1. The van der Waals surface area contributed by atoms with Crippen LogP contribution in [0.2, 0.25) is 0 Å². The standard InChI is InChI=1S/C31H56N8O7/c1-28(2)12-23(36-21-42-7)14-31(6,17-28)19-34-27(41)44-10-8-43-9-11-45-46-22-37-24-13-29(3,4)16-30(5,15-24)18-33-26(40)39-20-35-25(32)38-39/h20,22-24,36H,8-19,21H2,1-7H3,(H2,32,38)(H,33,40)(H,34,41). The van der Waals surface area contributed by atoms with Gasteiger partial charge in [0, 0.05) is 26.2 Å². The first-order valence-electron chi connectivity index (χ1n) is 16.1. The van der Waals surface area contributed by atoms with Crippen LogP contribution < -0.4 is 21.7 Å². The summed E-state index contributed by atoms with van der Waals surface area (Å²) in [6.45, 7) is 15.6. The van der Waals surface area contributed by atoms with E-state index < -0.39 is 6.09 Å². The van der Waals surface area contributed by atoms with E-state index in [4.69, 9.17) is 29.7 Å². The van der Waals surface area contributed by atoms with Gasteiger partial charge in [-0.1, -0.05) is 41.5 Å². The minimum atomic E-state index is -0.449. The van der Waals surface area contributed by atoms with Crippen molar-refractivity contribution < 1.29 is 33.6 Å². The van der Waals surface area contributed by atoms with Crippen LogP contribution in [0.15, 0.2) is 11.3 Å². The molecule has 0 radical (unpaired) electrons. The highest BCUT2D eigenvalue weighted by Crippen LogP contribution is 2.47. The van der Waals surface area contributed by atoms with Crippen LogP contribution in [-0.4, -0.2) is 98.7 Å². The first-order valence-corrected chi connectivity index (χ1v) is 16.1. The Morgan fingerprint density at radius 3 is 2.35 bits per heavy atom. The maximum absolute atomic E-state index is 12.4. The van der Waals surface area contributed by atoms with Gasteiger partial charge in [-0.25, -0.2) is 14.6 Å². The number of hydrogen-bond acceptors (Lipinski definition) is 12. The zero-order valence-corrected chi connectivity index (χ0v) is 28.7. The number of amides is 2. The van der Waals surface area contributed by atoms with Crippen molar-refractivity contribution in [2.45, 2.75) is 92.2 Å². The normalized spacial score (nSPS) is 27.3. The van der Waals surface area contributed by atoms with E-state index >= 15 is 0 Å². The van der Waals surface area contributed by atoms with Gasteiger partial charge in [-0.2, -0.15) is 9.57 Å². The van der Waals surface area contributed by atoms with Crippen LogP contribution in [0.4, 0.5) is 15.5 Å². The molecule has 1 heterocycles. The SMILES string of the molecule is COCNC1CC(C)(C)CC(C)(CNC(=O)OCCOCCOOC=NC2CC(C)(C)CC(C)(CNC(=O)n3cnc(N)n3)C2)C1. The Morgan fingerprint density at radius 2 is 1.65 bits per heavy atom. The summed E-state index contributed by atoms with van der Waals surface area (Å²) in [6.07, 6.45) is 7.79. The van der Waals surface area contributed by atoms with E-state index in [0.717, 1.165) is 43.2 Å². The summed E-state index contributed by atoms with van der Waals surface area (Å²) in [6, 6.07) is -0.0235. The molecular weight excluding hydrogens is 596 g/mol. The number of ether oxygens (including phenoxy) is 3.